The van der Waals surface area contributed by atoms with Crippen molar-refractivity contribution in [3.63, 3.8) is 0 Å². The summed E-state index contributed by atoms with van der Waals surface area (Å²) in [5.74, 6) is 0.957. The molecular weight excluding hydrogens is 346 g/mol. The van der Waals surface area contributed by atoms with Gasteiger partial charge in [-0.25, -0.2) is 0 Å². The molecule has 7 heteroatoms. The van der Waals surface area contributed by atoms with Gasteiger partial charge in [0.1, 0.15) is 10.7 Å². The zero-order valence-corrected chi connectivity index (χ0v) is 16.8. The fourth-order valence-corrected chi connectivity index (χ4v) is 4.19. The van der Waals surface area contributed by atoms with Crippen molar-refractivity contribution in [3.8, 4) is 0 Å². The summed E-state index contributed by atoms with van der Waals surface area (Å²) >= 11 is 1.34. The van der Waals surface area contributed by atoms with Crippen LogP contribution in [0.2, 0.25) is 0 Å². The molecule has 1 aliphatic rings. The largest absolute Gasteiger partial charge is 0.382 e. The van der Waals surface area contributed by atoms with Gasteiger partial charge in [-0.3, -0.25) is 14.3 Å². The van der Waals surface area contributed by atoms with Crippen LogP contribution in [0.25, 0.3) is 0 Å². The van der Waals surface area contributed by atoms with Crippen molar-refractivity contribution < 1.29 is 0 Å². The van der Waals surface area contributed by atoms with Gasteiger partial charge in [-0.1, -0.05) is 32.0 Å². The van der Waals surface area contributed by atoms with Gasteiger partial charge < -0.3 is 10.6 Å². The molecule has 3 rings (SSSR count). The number of hydrogen-bond acceptors (Lipinski definition) is 6. The molecule has 1 fully saturated rings. The third-order valence-electron chi connectivity index (χ3n) is 5.53. The fourth-order valence-electron chi connectivity index (χ4n) is 3.25. The van der Waals surface area contributed by atoms with Crippen molar-refractivity contribution >= 4 is 23.5 Å². The highest BCUT2D eigenvalue weighted by molar-refractivity contribution is 7.99. The van der Waals surface area contributed by atoms with Crippen LogP contribution in [0.4, 0.5) is 11.8 Å². The molecule has 0 aromatic carbocycles. The Balaban J connectivity index is 1.90. The number of piperidine rings is 1. The van der Waals surface area contributed by atoms with Crippen LogP contribution in [0.5, 0.6) is 0 Å². The van der Waals surface area contributed by atoms with Gasteiger partial charge in [0.2, 0.25) is 5.95 Å². The van der Waals surface area contributed by atoms with Gasteiger partial charge in [-0.05, 0) is 37.3 Å². The van der Waals surface area contributed by atoms with Crippen LogP contribution in [0.3, 0.4) is 0 Å². The second-order valence-corrected chi connectivity index (χ2v) is 8.38. The smallest absolute Gasteiger partial charge is 0.270 e. The Kier molecular flexibility index (Phi) is 5.27. The number of aryl methyl sites for hydroxylation is 1. The molecule has 2 aromatic heterocycles. The van der Waals surface area contributed by atoms with Crippen LogP contribution in [0, 0.1) is 12.3 Å². The summed E-state index contributed by atoms with van der Waals surface area (Å²) < 4.78 is 1.62. The maximum Gasteiger partial charge on any atom is 0.270 e. The predicted octanol–water partition coefficient (Wildman–Crippen LogP) is 3.23. The second kappa shape index (κ2) is 7.31. The van der Waals surface area contributed by atoms with Crippen molar-refractivity contribution in [1.29, 1.82) is 0 Å². The van der Waals surface area contributed by atoms with Gasteiger partial charge in [-0.2, -0.15) is 4.98 Å². The summed E-state index contributed by atoms with van der Waals surface area (Å²) in [6, 6.07) is 3.80. The Morgan fingerprint density at radius 2 is 2.04 bits per heavy atom. The molecule has 2 N–H and O–H groups in total. The molecule has 0 unspecified atom stereocenters. The van der Waals surface area contributed by atoms with Gasteiger partial charge in [0.05, 0.1) is 5.69 Å². The van der Waals surface area contributed by atoms with E-state index in [2.05, 4.69) is 28.7 Å². The number of anilines is 2. The quantitative estimate of drug-likeness (QED) is 0.887. The Labute approximate surface area is 158 Å². The van der Waals surface area contributed by atoms with Gasteiger partial charge >= 0.3 is 0 Å². The second-order valence-electron chi connectivity index (χ2n) is 7.33. The number of hydrogen-bond donors (Lipinski definition) is 1. The van der Waals surface area contributed by atoms with Gasteiger partial charge in [0.15, 0.2) is 0 Å². The minimum Gasteiger partial charge on any atom is -0.382 e. The van der Waals surface area contributed by atoms with Crippen LogP contribution in [0.15, 0.2) is 32.9 Å². The number of pyridine rings is 1. The van der Waals surface area contributed by atoms with Crippen molar-refractivity contribution in [1.82, 2.24) is 14.5 Å². The molecule has 0 amide bonds. The average molecular weight is 374 g/mol. The highest BCUT2D eigenvalue weighted by Crippen LogP contribution is 2.36. The van der Waals surface area contributed by atoms with E-state index < -0.39 is 0 Å². The lowest BCUT2D eigenvalue weighted by Crippen LogP contribution is -2.41. The minimum atomic E-state index is -0.107. The first-order chi connectivity index (χ1) is 12.3. The zero-order chi connectivity index (χ0) is 18.9. The van der Waals surface area contributed by atoms with E-state index in [0.29, 0.717) is 22.1 Å². The van der Waals surface area contributed by atoms with E-state index in [1.807, 2.05) is 19.1 Å². The predicted molar refractivity (Wildman–Crippen MR) is 107 cm³/mol. The third kappa shape index (κ3) is 3.58. The number of rotatable bonds is 4. The van der Waals surface area contributed by atoms with Gasteiger partial charge in [0.25, 0.3) is 5.56 Å². The molecule has 140 valence electrons. The molecular formula is C19H27N5OS. The standard InChI is InChI=1S/C19H27N5OS/c1-5-19(3)8-11-24(12-9-19)18-22-16(20)15(17(25)23(18)4)26-14-7-6-10-21-13(14)2/h6-7,10H,5,8-9,11-12,20H2,1-4H3. The Hall–Kier alpha value is -2.02. The number of nitrogen functional groups attached to an aromatic ring is 1. The first-order valence-electron chi connectivity index (χ1n) is 9.05. The van der Waals surface area contributed by atoms with E-state index in [0.717, 1.165) is 36.5 Å². The van der Waals surface area contributed by atoms with Crippen LogP contribution < -0.4 is 16.2 Å². The summed E-state index contributed by atoms with van der Waals surface area (Å²) in [5.41, 5.74) is 7.33. The summed E-state index contributed by atoms with van der Waals surface area (Å²) in [5, 5.41) is 0. The van der Waals surface area contributed by atoms with Crippen LogP contribution >= 0.6 is 11.8 Å². The summed E-state index contributed by atoms with van der Waals surface area (Å²) in [7, 11) is 1.78. The van der Waals surface area contributed by atoms with Crippen LogP contribution in [-0.2, 0) is 7.05 Å². The third-order valence-corrected chi connectivity index (χ3v) is 6.77. The molecule has 0 aliphatic carbocycles. The lowest BCUT2D eigenvalue weighted by molar-refractivity contribution is 0.236. The molecule has 0 spiro atoms. The molecule has 0 radical (unpaired) electrons. The Bertz CT molecular complexity index is 855. The normalized spacial score (nSPS) is 16.7. The monoisotopic (exact) mass is 373 g/mol. The van der Waals surface area contributed by atoms with Crippen molar-refractivity contribution in [2.24, 2.45) is 12.5 Å². The summed E-state index contributed by atoms with van der Waals surface area (Å²) in [4.78, 5) is 25.3. The van der Waals surface area contributed by atoms with E-state index >= 15 is 0 Å². The minimum absolute atomic E-state index is 0.107. The van der Waals surface area contributed by atoms with Gasteiger partial charge in [-0.15, -0.1) is 0 Å². The maximum atomic E-state index is 12.9. The fraction of sp³-hybridized carbons (Fsp3) is 0.526. The van der Waals surface area contributed by atoms with Crippen molar-refractivity contribution in [2.45, 2.75) is 49.8 Å². The first-order valence-corrected chi connectivity index (χ1v) is 9.87. The Morgan fingerprint density at radius 3 is 2.65 bits per heavy atom. The lowest BCUT2D eigenvalue weighted by atomic mass is 9.78. The SMILES string of the molecule is CCC1(C)CCN(c2nc(N)c(Sc3cccnc3C)c(=O)n2C)CC1. The summed E-state index contributed by atoms with van der Waals surface area (Å²) in [6.07, 6.45) is 5.12. The Morgan fingerprint density at radius 1 is 1.35 bits per heavy atom. The molecule has 3 heterocycles. The topological polar surface area (TPSA) is 77.0 Å². The molecule has 0 atom stereocenters. The molecule has 0 saturated carbocycles. The molecule has 0 bridgehead atoms. The van der Waals surface area contributed by atoms with Crippen molar-refractivity contribution in [3.05, 3.63) is 34.4 Å². The highest BCUT2D eigenvalue weighted by Gasteiger charge is 2.30. The van der Waals surface area contributed by atoms with E-state index in [4.69, 9.17) is 5.73 Å². The number of aromatic nitrogens is 3. The zero-order valence-electron chi connectivity index (χ0n) is 16.0. The molecule has 26 heavy (non-hydrogen) atoms. The van der Waals surface area contributed by atoms with Crippen LogP contribution in [0.1, 0.15) is 38.8 Å². The molecule has 2 aromatic rings. The summed E-state index contributed by atoms with van der Waals surface area (Å²) in [6.45, 7) is 8.30. The molecule has 1 aliphatic heterocycles. The molecule has 6 nitrogen and oxygen atoms in total. The van der Waals surface area contributed by atoms with E-state index in [1.54, 1.807) is 17.8 Å². The van der Waals surface area contributed by atoms with E-state index in [1.165, 1.54) is 18.2 Å². The van der Waals surface area contributed by atoms with E-state index in [-0.39, 0.29) is 5.56 Å². The van der Waals surface area contributed by atoms with Gasteiger partial charge in [0, 0.05) is 31.2 Å². The average Bonchev–Trinajstić information content (AvgIpc) is 2.64. The van der Waals surface area contributed by atoms with Crippen LogP contribution in [-0.4, -0.2) is 27.6 Å². The van der Waals surface area contributed by atoms with E-state index in [9.17, 15) is 4.79 Å². The number of nitrogens with two attached hydrogens (primary N) is 1. The highest BCUT2D eigenvalue weighted by atomic mass is 32.2. The maximum absolute atomic E-state index is 12.9. The van der Waals surface area contributed by atoms with Crippen molar-refractivity contribution in [2.75, 3.05) is 23.7 Å². The number of nitrogens with zero attached hydrogens (tertiary/aromatic N) is 4. The molecule has 1 saturated heterocycles. The lowest BCUT2D eigenvalue weighted by Gasteiger charge is -2.39. The first kappa shape index (κ1) is 18.8.